The maximum Gasteiger partial charge on any atom is 0.314 e. The van der Waals surface area contributed by atoms with Gasteiger partial charge in [-0.05, 0) is 31.6 Å². The van der Waals surface area contributed by atoms with Gasteiger partial charge in [0.2, 0.25) is 0 Å². The number of aliphatic carboxylic acids is 1. The third kappa shape index (κ3) is 2.69. The Balaban J connectivity index is 1.82. The summed E-state index contributed by atoms with van der Waals surface area (Å²) in [7, 11) is 0. The molecule has 1 atom stereocenters. The smallest absolute Gasteiger partial charge is 0.314 e. The van der Waals surface area contributed by atoms with E-state index in [4.69, 9.17) is 9.47 Å². The Labute approximate surface area is 89.6 Å². The van der Waals surface area contributed by atoms with Crippen LogP contribution in [0.4, 0.5) is 0 Å². The normalized spacial score (nSPS) is 31.5. The molecule has 2 aliphatic rings. The molecule has 1 aliphatic heterocycles. The van der Waals surface area contributed by atoms with Crippen LogP contribution in [0.1, 0.15) is 25.7 Å². The first-order valence-corrected chi connectivity index (χ1v) is 5.62. The van der Waals surface area contributed by atoms with Crippen LogP contribution in [-0.4, -0.2) is 37.5 Å². The molecule has 1 unspecified atom stereocenters. The first-order chi connectivity index (χ1) is 7.23. The zero-order chi connectivity index (χ0) is 10.7. The molecule has 0 amide bonds. The molecule has 1 saturated carbocycles. The van der Waals surface area contributed by atoms with Gasteiger partial charge in [-0.1, -0.05) is 0 Å². The van der Waals surface area contributed by atoms with Crippen LogP contribution in [0.15, 0.2) is 0 Å². The molecule has 0 aromatic carbocycles. The molecule has 4 heteroatoms. The van der Waals surface area contributed by atoms with Crippen molar-refractivity contribution in [3.05, 3.63) is 0 Å². The molecule has 0 aromatic heterocycles. The van der Waals surface area contributed by atoms with Crippen molar-refractivity contribution in [1.82, 2.24) is 0 Å². The van der Waals surface area contributed by atoms with Gasteiger partial charge in [-0.2, -0.15) is 0 Å². The van der Waals surface area contributed by atoms with E-state index in [1.165, 1.54) is 12.8 Å². The van der Waals surface area contributed by atoms with Gasteiger partial charge < -0.3 is 14.6 Å². The first kappa shape index (κ1) is 10.9. The molecule has 1 heterocycles. The maximum absolute atomic E-state index is 11.2. The fourth-order valence-corrected chi connectivity index (χ4v) is 1.90. The van der Waals surface area contributed by atoms with Gasteiger partial charge in [0.1, 0.15) is 5.41 Å². The molecular weight excluding hydrogens is 196 g/mol. The molecule has 0 radical (unpaired) electrons. The van der Waals surface area contributed by atoms with Crippen molar-refractivity contribution in [3.8, 4) is 0 Å². The number of hydrogen-bond donors (Lipinski definition) is 1. The Morgan fingerprint density at radius 3 is 2.87 bits per heavy atom. The highest BCUT2D eigenvalue weighted by Crippen LogP contribution is 2.32. The molecular formula is C11H18O4. The van der Waals surface area contributed by atoms with Crippen LogP contribution in [0.25, 0.3) is 0 Å². The second kappa shape index (κ2) is 4.49. The number of hydrogen-bond acceptors (Lipinski definition) is 3. The van der Waals surface area contributed by atoms with E-state index >= 15 is 0 Å². The number of carbonyl (C=O) groups is 1. The third-order valence-electron chi connectivity index (χ3n) is 3.20. The van der Waals surface area contributed by atoms with Gasteiger partial charge in [0.15, 0.2) is 0 Å². The van der Waals surface area contributed by atoms with E-state index in [2.05, 4.69) is 0 Å². The lowest BCUT2D eigenvalue weighted by Gasteiger charge is -2.32. The van der Waals surface area contributed by atoms with Crippen molar-refractivity contribution in [3.63, 3.8) is 0 Å². The average molecular weight is 214 g/mol. The van der Waals surface area contributed by atoms with Gasteiger partial charge >= 0.3 is 5.97 Å². The number of carboxylic acid groups (broad SMARTS) is 1. The van der Waals surface area contributed by atoms with Gasteiger partial charge in [-0.3, -0.25) is 4.79 Å². The number of rotatable bonds is 5. The SMILES string of the molecule is O=C(O)C1(COCC2CC2)CCCOC1. The minimum absolute atomic E-state index is 0.299. The first-order valence-electron chi connectivity index (χ1n) is 5.62. The maximum atomic E-state index is 11.2. The number of ether oxygens (including phenoxy) is 2. The summed E-state index contributed by atoms with van der Waals surface area (Å²) >= 11 is 0. The van der Waals surface area contributed by atoms with Gasteiger partial charge in [0.25, 0.3) is 0 Å². The van der Waals surface area contributed by atoms with Gasteiger partial charge in [0, 0.05) is 13.2 Å². The predicted molar refractivity (Wildman–Crippen MR) is 53.7 cm³/mol. The second-order valence-electron chi connectivity index (χ2n) is 4.70. The van der Waals surface area contributed by atoms with E-state index in [-0.39, 0.29) is 0 Å². The second-order valence-corrected chi connectivity index (χ2v) is 4.70. The van der Waals surface area contributed by atoms with E-state index < -0.39 is 11.4 Å². The van der Waals surface area contributed by atoms with Crippen LogP contribution < -0.4 is 0 Å². The minimum atomic E-state index is -0.785. The average Bonchev–Trinajstić information content (AvgIpc) is 3.03. The molecule has 0 spiro atoms. The largest absolute Gasteiger partial charge is 0.481 e. The van der Waals surface area contributed by atoms with Crippen molar-refractivity contribution < 1.29 is 19.4 Å². The standard InChI is InChI=1S/C11H18O4/c12-10(13)11(4-1-5-14-7-11)8-15-6-9-2-3-9/h9H,1-8H2,(H,12,13). The van der Waals surface area contributed by atoms with Crippen LogP contribution >= 0.6 is 0 Å². The molecule has 1 N–H and O–H groups in total. The Kier molecular flexibility index (Phi) is 3.26. The molecule has 86 valence electrons. The molecule has 1 saturated heterocycles. The van der Waals surface area contributed by atoms with Crippen molar-refractivity contribution in [2.24, 2.45) is 11.3 Å². The fraction of sp³-hybridized carbons (Fsp3) is 0.909. The van der Waals surface area contributed by atoms with Crippen LogP contribution in [0, 0.1) is 11.3 Å². The molecule has 2 fully saturated rings. The molecule has 2 rings (SSSR count). The Hall–Kier alpha value is -0.610. The van der Waals surface area contributed by atoms with E-state index in [0.29, 0.717) is 32.2 Å². The molecule has 0 aromatic rings. The summed E-state index contributed by atoms with van der Waals surface area (Å²) in [6.07, 6.45) is 3.96. The van der Waals surface area contributed by atoms with Crippen LogP contribution in [-0.2, 0) is 14.3 Å². The van der Waals surface area contributed by atoms with E-state index in [9.17, 15) is 9.90 Å². The Morgan fingerprint density at radius 2 is 2.33 bits per heavy atom. The lowest BCUT2D eigenvalue weighted by atomic mass is 9.83. The molecule has 4 nitrogen and oxygen atoms in total. The van der Waals surface area contributed by atoms with Gasteiger partial charge in [-0.25, -0.2) is 0 Å². The molecule has 15 heavy (non-hydrogen) atoms. The summed E-state index contributed by atoms with van der Waals surface area (Å²) in [5, 5.41) is 9.21. The van der Waals surface area contributed by atoms with Crippen molar-refractivity contribution >= 4 is 5.97 Å². The minimum Gasteiger partial charge on any atom is -0.481 e. The summed E-state index contributed by atoms with van der Waals surface area (Å²) in [6, 6.07) is 0. The highest BCUT2D eigenvalue weighted by atomic mass is 16.5. The zero-order valence-electron chi connectivity index (χ0n) is 8.91. The lowest BCUT2D eigenvalue weighted by Crippen LogP contribution is -2.43. The van der Waals surface area contributed by atoms with E-state index in [0.717, 1.165) is 13.0 Å². The third-order valence-corrected chi connectivity index (χ3v) is 3.20. The van der Waals surface area contributed by atoms with Crippen LogP contribution in [0.3, 0.4) is 0 Å². The quantitative estimate of drug-likeness (QED) is 0.749. The van der Waals surface area contributed by atoms with Crippen molar-refractivity contribution in [2.75, 3.05) is 26.4 Å². The molecule has 0 bridgehead atoms. The fourth-order valence-electron chi connectivity index (χ4n) is 1.90. The van der Waals surface area contributed by atoms with Crippen LogP contribution in [0.5, 0.6) is 0 Å². The van der Waals surface area contributed by atoms with E-state index in [1.54, 1.807) is 0 Å². The summed E-state index contributed by atoms with van der Waals surface area (Å²) < 4.78 is 10.8. The highest BCUT2D eigenvalue weighted by Gasteiger charge is 2.41. The number of carboxylic acids is 1. The van der Waals surface area contributed by atoms with Crippen molar-refractivity contribution in [1.29, 1.82) is 0 Å². The Bertz CT molecular complexity index is 229. The van der Waals surface area contributed by atoms with Crippen LogP contribution in [0.2, 0.25) is 0 Å². The van der Waals surface area contributed by atoms with Crippen molar-refractivity contribution in [2.45, 2.75) is 25.7 Å². The molecule has 1 aliphatic carbocycles. The van der Waals surface area contributed by atoms with Gasteiger partial charge in [-0.15, -0.1) is 0 Å². The van der Waals surface area contributed by atoms with E-state index in [1.807, 2.05) is 0 Å². The lowest BCUT2D eigenvalue weighted by molar-refractivity contribution is -0.163. The predicted octanol–water partition coefficient (Wildman–Crippen LogP) is 1.29. The zero-order valence-corrected chi connectivity index (χ0v) is 8.91. The topological polar surface area (TPSA) is 55.8 Å². The summed E-state index contributed by atoms with van der Waals surface area (Å²) in [5.74, 6) is -0.0987. The summed E-state index contributed by atoms with van der Waals surface area (Å²) in [5.41, 5.74) is -0.785. The van der Waals surface area contributed by atoms with Gasteiger partial charge in [0.05, 0.1) is 13.2 Å². The monoisotopic (exact) mass is 214 g/mol. The highest BCUT2D eigenvalue weighted by molar-refractivity contribution is 5.75. The summed E-state index contributed by atoms with van der Waals surface area (Å²) in [6.45, 7) is 2.00. The Morgan fingerprint density at radius 1 is 1.53 bits per heavy atom. The summed E-state index contributed by atoms with van der Waals surface area (Å²) in [4.78, 5) is 11.2.